The molecule has 0 aromatic carbocycles. The van der Waals surface area contributed by atoms with E-state index >= 15 is 0 Å². The number of carbonyl (C=O) groups is 2. The van der Waals surface area contributed by atoms with Gasteiger partial charge < -0.3 is 20.3 Å². The highest BCUT2D eigenvalue weighted by atomic mass is 16.5. The maximum atomic E-state index is 12.5. The summed E-state index contributed by atoms with van der Waals surface area (Å²) >= 11 is 0. The number of allylic oxidation sites excluding steroid dienone is 5. The number of unbranched alkanes of at least 4 members (excludes halogenated alkanes) is 46. The van der Waals surface area contributed by atoms with Gasteiger partial charge in [-0.05, 0) is 70.6 Å². The Morgan fingerprint density at radius 3 is 1.04 bits per heavy atom. The van der Waals surface area contributed by atoms with Gasteiger partial charge in [-0.3, -0.25) is 9.59 Å². The van der Waals surface area contributed by atoms with Crippen LogP contribution in [0.25, 0.3) is 0 Å². The zero-order chi connectivity index (χ0) is 52.9. The lowest BCUT2D eigenvalue weighted by atomic mass is 10.0. The van der Waals surface area contributed by atoms with E-state index in [1.54, 1.807) is 6.08 Å². The second-order valence-corrected chi connectivity index (χ2v) is 22.5. The van der Waals surface area contributed by atoms with Crippen molar-refractivity contribution in [1.82, 2.24) is 5.32 Å². The summed E-state index contributed by atoms with van der Waals surface area (Å²) in [6.45, 7) is 4.89. The molecule has 2 unspecified atom stereocenters. The lowest BCUT2D eigenvalue weighted by molar-refractivity contribution is -0.143. The minimum absolute atomic E-state index is 0.0130. The average Bonchev–Trinajstić information content (AvgIpc) is 3.39. The normalized spacial score (nSPS) is 12.8. The molecule has 0 radical (unpaired) electrons. The Balaban J connectivity index is 3.51. The van der Waals surface area contributed by atoms with E-state index in [0.29, 0.717) is 19.4 Å². The van der Waals surface area contributed by atoms with Gasteiger partial charge in [0.05, 0.1) is 25.4 Å². The number of aliphatic hydroxyl groups excluding tert-OH is 2. The first-order chi connectivity index (χ1) is 36.0. The Morgan fingerprint density at radius 1 is 0.384 bits per heavy atom. The first-order valence-corrected chi connectivity index (χ1v) is 32.8. The fourth-order valence-electron chi connectivity index (χ4n) is 10.1. The van der Waals surface area contributed by atoms with Crippen LogP contribution in [0.3, 0.4) is 0 Å². The number of nitrogens with one attached hydrogen (secondary N) is 1. The van der Waals surface area contributed by atoms with E-state index < -0.39 is 12.1 Å². The second-order valence-electron chi connectivity index (χ2n) is 22.5. The minimum atomic E-state index is -0.857. The van der Waals surface area contributed by atoms with Gasteiger partial charge in [-0.1, -0.05) is 307 Å². The third kappa shape index (κ3) is 59.2. The molecule has 6 nitrogen and oxygen atoms in total. The molecule has 1 amide bonds. The van der Waals surface area contributed by atoms with Crippen LogP contribution in [-0.2, 0) is 14.3 Å². The molecular weight excluding hydrogens is 899 g/mol. The zero-order valence-corrected chi connectivity index (χ0v) is 49.1. The Labute approximate surface area is 455 Å². The van der Waals surface area contributed by atoms with E-state index in [9.17, 15) is 19.8 Å². The summed E-state index contributed by atoms with van der Waals surface area (Å²) in [6, 6.07) is -0.642. The van der Waals surface area contributed by atoms with Crippen molar-refractivity contribution < 1.29 is 24.5 Å². The summed E-state index contributed by atoms with van der Waals surface area (Å²) in [5.41, 5.74) is 0. The summed E-state index contributed by atoms with van der Waals surface area (Å²) in [4.78, 5) is 24.6. The van der Waals surface area contributed by atoms with Gasteiger partial charge in [0.1, 0.15) is 0 Å². The molecule has 0 fully saturated rings. The summed E-state index contributed by atoms with van der Waals surface area (Å²) in [6.07, 6.45) is 79.1. The smallest absolute Gasteiger partial charge is 0.305 e. The van der Waals surface area contributed by atoms with Crippen LogP contribution in [0.4, 0.5) is 0 Å². The predicted molar refractivity (Wildman–Crippen MR) is 319 cm³/mol. The molecule has 0 rings (SSSR count). The van der Waals surface area contributed by atoms with Gasteiger partial charge in [-0.25, -0.2) is 0 Å². The highest BCUT2D eigenvalue weighted by Crippen LogP contribution is 2.18. The van der Waals surface area contributed by atoms with Crippen LogP contribution in [0.1, 0.15) is 354 Å². The van der Waals surface area contributed by atoms with E-state index in [1.807, 2.05) is 6.08 Å². The molecule has 0 spiro atoms. The number of hydrogen-bond donors (Lipinski definition) is 3. The Kier molecular flexibility index (Phi) is 61.0. The van der Waals surface area contributed by atoms with Gasteiger partial charge in [0, 0.05) is 12.8 Å². The van der Waals surface area contributed by atoms with Crippen LogP contribution in [0.5, 0.6) is 0 Å². The van der Waals surface area contributed by atoms with Crippen molar-refractivity contribution in [3.8, 4) is 0 Å². The van der Waals surface area contributed by atoms with Gasteiger partial charge in [-0.2, -0.15) is 0 Å². The Morgan fingerprint density at radius 2 is 0.685 bits per heavy atom. The van der Waals surface area contributed by atoms with E-state index in [1.165, 1.54) is 244 Å². The molecule has 0 saturated carbocycles. The van der Waals surface area contributed by atoms with E-state index in [0.717, 1.165) is 83.5 Å². The third-order valence-electron chi connectivity index (χ3n) is 15.2. The van der Waals surface area contributed by atoms with E-state index in [2.05, 4.69) is 43.5 Å². The van der Waals surface area contributed by atoms with Crippen LogP contribution in [0.15, 0.2) is 36.5 Å². The Bertz CT molecular complexity index is 1180. The van der Waals surface area contributed by atoms with Crippen LogP contribution in [0, 0.1) is 0 Å². The molecule has 0 aliphatic rings. The van der Waals surface area contributed by atoms with Crippen LogP contribution in [0.2, 0.25) is 0 Å². The molecule has 0 heterocycles. The maximum absolute atomic E-state index is 12.5. The number of carbonyl (C=O) groups excluding carboxylic acids is 2. The molecule has 2 atom stereocenters. The number of rotatable bonds is 61. The molecule has 430 valence electrons. The first kappa shape index (κ1) is 71.1. The van der Waals surface area contributed by atoms with Crippen LogP contribution < -0.4 is 5.32 Å². The molecule has 0 bridgehead atoms. The minimum Gasteiger partial charge on any atom is -0.466 e. The summed E-state index contributed by atoms with van der Waals surface area (Å²) in [5, 5.41) is 23.2. The van der Waals surface area contributed by atoms with Crippen molar-refractivity contribution in [2.24, 2.45) is 0 Å². The van der Waals surface area contributed by atoms with Gasteiger partial charge in [-0.15, -0.1) is 0 Å². The highest BCUT2D eigenvalue weighted by Gasteiger charge is 2.18. The highest BCUT2D eigenvalue weighted by molar-refractivity contribution is 5.76. The van der Waals surface area contributed by atoms with Gasteiger partial charge >= 0.3 is 5.97 Å². The second kappa shape index (κ2) is 62.6. The number of esters is 1. The van der Waals surface area contributed by atoms with Crippen molar-refractivity contribution in [3.63, 3.8) is 0 Å². The largest absolute Gasteiger partial charge is 0.466 e. The van der Waals surface area contributed by atoms with Crippen molar-refractivity contribution in [3.05, 3.63) is 36.5 Å². The van der Waals surface area contributed by atoms with E-state index in [4.69, 9.17) is 4.74 Å². The number of amides is 1. The molecular formula is C67H127NO5. The lowest BCUT2D eigenvalue weighted by Crippen LogP contribution is -2.45. The number of ether oxygens (including phenoxy) is 1. The molecule has 6 heteroatoms. The number of aliphatic hydroxyl groups is 2. The summed E-state index contributed by atoms with van der Waals surface area (Å²) in [5.74, 6) is -0.0938. The van der Waals surface area contributed by atoms with Crippen molar-refractivity contribution >= 4 is 11.9 Å². The molecule has 0 saturated heterocycles. The molecule has 0 aromatic heterocycles. The predicted octanol–water partition coefficient (Wildman–Crippen LogP) is 20.8. The van der Waals surface area contributed by atoms with Crippen molar-refractivity contribution in [2.45, 2.75) is 366 Å². The first-order valence-electron chi connectivity index (χ1n) is 32.8. The summed E-state index contributed by atoms with van der Waals surface area (Å²) < 4.78 is 5.46. The van der Waals surface area contributed by atoms with Crippen molar-refractivity contribution in [2.75, 3.05) is 13.2 Å². The SMILES string of the molecule is CCCCCCCCCCCCCCCCCCCCCCCC/C=C/C(O)C(CO)NC(=O)CCCCCCCCC/C=C\C/C=C\CCCCCOC(=O)CCCCCCCCCCCCCCCCC. The fourth-order valence-corrected chi connectivity index (χ4v) is 10.1. The molecule has 0 aliphatic carbocycles. The topological polar surface area (TPSA) is 95.9 Å². The average molecular weight is 1030 g/mol. The van der Waals surface area contributed by atoms with Gasteiger partial charge in [0.25, 0.3) is 0 Å². The molecule has 3 N–H and O–H groups in total. The lowest BCUT2D eigenvalue weighted by Gasteiger charge is -2.20. The van der Waals surface area contributed by atoms with Crippen molar-refractivity contribution in [1.29, 1.82) is 0 Å². The third-order valence-corrected chi connectivity index (χ3v) is 15.2. The monoisotopic (exact) mass is 1030 g/mol. The standard InChI is InChI=1S/C67H127NO5/c1-3-5-7-9-11-13-15-17-19-20-21-22-23-24-25-26-28-32-35-39-43-47-51-55-59-65(70)64(63-69)68-66(71)60-56-52-48-44-40-36-33-29-27-30-34-38-42-46-50-54-58-62-73-67(72)61-57-53-49-45-41-37-31-18-16-14-12-10-8-6-4-2/h27,30,38,42,55,59,64-65,69-70H,3-26,28-29,31-37,39-41,43-54,56-58,60-63H2,1-2H3,(H,68,71)/b30-27-,42-38-,59-55+. The fraction of sp³-hybridized carbons (Fsp3) is 0.881. The zero-order valence-electron chi connectivity index (χ0n) is 49.1. The molecule has 0 aromatic rings. The molecule has 0 aliphatic heterocycles. The molecule has 73 heavy (non-hydrogen) atoms. The summed E-state index contributed by atoms with van der Waals surface area (Å²) in [7, 11) is 0. The van der Waals surface area contributed by atoms with Crippen LogP contribution in [-0.4, -0.2) is 47.4 Å². The maximum Gasteiger partial charge on any atom is 0.305 e. The quantitative estimate of drug-likeness (QED) is 0.0320. The van der Waals surface area contributed by atoms with E-state index in [-0.39, 0.29) is 18.5 Å². The Hall–Kier alpha value is -1.92. The van der Waals surface area contributed by atoms with Gasteiger partial charge in [0.15, 0.2) is 0 Å². The van der Waals surface area contributed by atoms with Crippen LogP contribution >= 0.6 is 0 Å². The number of hydrogen-bond acceptors (Lipinski definition) is 5. The van der Waals surface area contributed by atoms with Gasteiger partial charge in [0.2, 0.25) is 5.91 Å².